The van der Waals surface area contributed by atoms with E-state index in [1.165, 1.54) is 13.0 Å². The molecule has 1 heterocycles. The molecule has 0 radical (unpaired) electrons. The van der Waals surface area contributed by atoms with E-state index in [9.17, 15) is 0 Å². The number of piperidine rings is 1. The van der Waals surface area contributed by atoms with Crippen molar-refractivity contribution in [2.75, 3.05) is 26.2 Å². The molecule has 0 spiro atoms. The fourth-order valence-electron chi connectivity index (χ4n) is 2.29. The standard InChI is InChI=1S/C11H22N2/c1-4-6-13-7-5-10(8-12)11(2,3)9-13/h4,10H,1,5-9,12H2,2-3H3. The predicted molar refractivity (Wildman–Crippen MR) is 57.6 cm³/mol. The summed E-state index contributed by atoms with van der Waals surface area (Å²) in [5.41, 5.74) is 6.13. The van der Waals surface area contributed by atoms with Crippen molar-refractivity contribution in [3.63, 3.8) is 0 Å². The molecule has 1 aliphatic heterocycles. The van der Waals surface area contributed by atoms with Crippen molar-refractivity contribution < 1.29 is 0 Å². The van der Waals surface area contributed by atoms with Gasteiger partial charge in [0.1, 0.15) is 0 Å². The second-order valence-electron chi connectivity index (χ2n) is 4.73. The van der Waals surface area contributed by atoms with Gasteiger partial charge in [-0.1, -0.05) is 19.9 Å². The summed E-state index contributed by atoms with van der Waals surface area (Å²) in [6.07, 6.45) is 3.22. The number of nitrogens with two attached hydrogens (primary N) is 1. The molecule has 1 rings (SSSR count). The molecule has 2 heteroatoms. The Bertz CT molecular complexity index is 175. The van der Waals surface area contributed by atoms with E-state index in [2.05, 4.69) is 25.3 Å². The monoisotopic (exact) mass is 182 g/mol. The highest BCUT2D eigenvalue weighted by Gasteiger charge is 2.34. The van der Waals surface area contributed by atoms with Crippen molar-refractivity contribution in [1.82, 2.24) is 4.90 Å². The van der Waals surface area contributed by atoms with Crippen LogP contribution in [0.25, 0.3) is 0 Å². The zero-order valence-electron chi connectivity index (χ0n) is 8.92. The van der Waals surface area contributed by atoms with E-state index in [0.717, 1.165) is 19.6 Å². The highest BCUT2D eigenvalue weighted by Crippen LogP contribution is 2.33. The van der Waals surface area contributed by atoms with Gasteiger partial charge >= 0.3 is 0 Å². The minimum Gasteiger partial charge on any atom is -0.330 e. The van der Waals surface area contributed by atoms with Crippen molar-refractivity contribution in [2.24, 2.45) is 17.1 Å². The van der Waals surface area contributed by atoms with Gasteiger partial charge in [0.2, 0.25) is 0 Å². The number of likely N-dealkylation sites (tertiary alicyclic amines) is 1. The normalized spacial score (nSPS) is 28.7. The molecule has 13 heavy (non-hydrogen) atoms. The Kier molecular flexibility index (Phi) is 3.51. The molecule has 2 nitrogen and oxygen atoms in total. The average molecular weight is 182 g/mol. The van der Waals surface area contributed by atoms with Crippen LogP contribution in [0.3, 0.4) is 0 Å². The van der Waals surface area contributed by atoms with Gasteiger partial charge in [-0.2, -0.15) is 0 Å². The van der Waals surface area contributed by atoms with Crippen molar-refractivity contribution >= 4 is 0 Å². The maximum atomic E-state index is 5.76. The molecule has 76 valence electrons. The Balaban J connectivity index is 2.53. The lowest BCUT2D eigenvalue weighted by atomic mass is 9.74. The topological polar surface area (TPSA) is 29.3 Å². The van der Waals surface area contributed by atoms with E-state index in [0.29, 0.717) is 11.3 Å². The Morgan fingerprint density at radius 3 is 2.77 bits per heavy atom. The van der Waals surface area contributed by atoms with Crippen LogP contribution in [0.4, 0.5) is 0 Å². The van der Waals surface area contributed by atoms with Crippen LogP contribution in [0.5, 0.6) is 0 Å². The van der Waals surface area contributed by atoms with Gasteiger partial charge in [0, 0.05) is 13.1 Å². The van der Waals surface area contributed by atoms with E-state index >= 15 is 0 Å². The van der Waals surface area contributed by atoms with Crippen LogP contribution in [-0.4, -0.2) is 31.1 Å². The number of hydrogen-bond donors (Lipinski definition) is 1. The summed E-state index contributed by atoms with van der Waals surface area (Å²) in [5, 5.41) is 0. The molecule has 1 atom stereocenters. The van der Waals surface area contributed by atoms with Crippen molar-refractivity contribution in [2.45, 2.75) is 20.3 Å². The fraction of sp³-hybridized carbons (Fsp3) is 0.818. The molecule has 0 aromatic heterocycles. The summed E-state index contributed by atoms with van der Waals surface area (Å²) >= 11 is 0. The third kappa shape index (κ3) is 2.55. The quantitative estimate of drug-likeness (QED) is 0.670. The van der Waals surface area contributed by atoms with Crippen LogP contribution >= 0.6 is 0 Å². The predicted octanol–water partition coefficient (Wildman–Crippen LogP) is 1.48. The van der Waals surface area contributed by atoms with Gasteiger partial charge in [-0.15, -0.1) is 6.58 Å². The summed E-state index contributed by atoms with van der Waals surface area (Å²) in [6.45, 7) is 12.6. The first-order valence-electron chi connectivity index (χ1n) is 5.13. The van der Waals surface area contributed by atoms with Gasteiger partial charge in [0.15, 0.2) is 0 Å². The van der Waals surface area contributed by atoms with Crippen LogP contribution in [0.2, 0.25) is 0 Å². The maximum Gasteiger partial charge on any atom is 0.0160 e. The van der Waals surface area contributed by atoms with E-state index in [1.807, 2.05) is 6.08 Å². The second-order valence-corrected chi connectivity index (χ2v) is 4.73. The van der Waals surface area contributed by atoms with Gasteiger partial charge in [-0.05, 0) is 30.8 Å². The summed E-state index contributed by atoms with van der Waals surface area (Å²) in [5.74, 6) is 0.688. The minimum atomic E-state index is 0.371. The lowest BCUT2D eigenvalue weighted by molar-refractivity contribution is 0.0674. The van der Waals surface area contributed by atoms with Crippen LogP contribution in [-0.2, 0) is 0 Å². The Labute approximate surface area is 81.8 Å². The molecule has 1 unspecified atom stereocenters. The summed E-state index contributed by atoms with van der Waals surface area (Å²) in [4.78, 5) is 2.46. The molecule has 0 aromatic carbocycles. The zero-order valence-corrected chi connectivity index (χ0v) is 8.92. The van der Waals surface area contributed by atoms with Gasteiger partial charge in [-0.25, -0.2) is 0 Å². The van der Waals surface area contributed by atoms with Crippen LogP contribution in [0.15, 0.2) is 12.7 Å². The Morgan fingerprint density at radius 2 is 2.31 bits per heavy atom. The lowest BCUT2D eigenvalue weighted by Crippen LogP contribution is -2.47. The molecule has 2 N–H and O–H groups in total. The number of rotatable bonds is 3. The van der Waals surface area contributed by atoms with Crippen LogP contribution in [0, 0.1) is 11.3 Å². The second kappa shape index (κ2) is 4.25. The number of hydrogen-bond acceptors (Lipinski definition) is 2. The minimum absolute atomic E-state index is 0.371. The van der Waals surface area contributed by atoms with E-state index in [4.69, 9.17) is 5.73 Å². The maximum absolute atomic E-state index is 5.76. The van der Waals surface area contributed by atoms with Crippen molar-refractivity contribution in [3.8, 4) is 0 Å². The fourth-order valence-corrected chi connectivity index (χ4v) is 2.29. The molecule has 0 aliphatic carbocycles. The molecule has 1 fully saturated rings. The molecule has 0 amide bonds. The van der Waals surface area contributed by atoms with Gasteiger partial charge in [0.25, 0.3) is 0 Å². The van der Waals surface area contributed by atoms with Crippen molar-refractivity contribution in [3.05, 3.63) is 12.7 Å². The van der Waals surface area contributed by atoms with Gasteiger partial charge in [0.05, 0.1) is 0 Å². The first-order chi connectivity index (χ1) is 6.10. The summed E-state index contributed by atoms with van der Waals surface area (Å²) < 4.78 is 0. The van der Waals surface area contributed by atoms with E-state index < -0.39 is 0 Å². The molecule has 0 saturated carbocycles. The third-order valence-electron chi connectivity index (χ3n) is 3.20. The third-order valence-corrected chi connectivity index (χ3v) is 3.20. The van der Waals surface area contributed by atoms with Crippen LogP contribution in [0.1, 0.15) is 20.3 Å². The smallest absolute Gasteiger partial charge is 0.0160 e. The van der Waals surface area contributed by atoms with E-state index in [1.54, 1.807) is 0 Å². The molecular weight excluding hydrogens is 160 g/mol. The number of nitrogens with zero attached hydrogens (tertiary/aromatic N) is 1. The molecule has 0 aromatic rings. The van der Waals surface area contributed by atoms with E-state index in [-0.39, 0.29) is 0 Å². The lowest BCUT2D eigenvalue weighted by Gasteiger charge is -2.43. The molecule has 1 saturated heterocycles. The highest BCUT2D eigenvalue weighted by molar-refractivity contribution is 4.89. The van der Waals surface area contributed by atoms with Crippen molar-refractivity contribution in [1.29, 1.82) is 0 Å². The van der Waals surface area contributed by atoms with Gasteiger partial charge in [-0.3, -0.25) is 4.90 Å². The van der Waals surface area contributed by atoms with Crippen LogP contribution < -0.4 is 5.73 Å². The van der Waals surface area contributed by atoms with Gasteiger partial charge < -0.3 is 5.73 Å². The summed E-state index contributed by atoms with van der Waals surface area (Å²) in [6, 6.07) is 0. The average Bonchev–Trinajstić information content (AvgIpc) is 2.03. The Morgan fingerprint density at radius 1 is 1.62 bits per heavy atom. The summed E-state index contributed by atoms with van der Waals surface area (Å²) in [7, 11) is 0. The molecular formula is C11H22N2. The highest BCUT2D eigenvalue weighted by atomic mass is 15.1. The SMILES string of the molecule is C=CCN1CCC(CN)C(C)(C)C1. The Hall–Kier alpha value is -0.340. The zero-order chi connectivity index (χ0) is 9.90. The first-order valence-corrected chi connectivity index (χ1v) is 5.13. The molecule has 1 aliphatic rings. The molecule has 0 bridgehead atoms. The first kappa shape index (κ1) is 10.7. The largest absolute Gasteiger partial charge is 0.330 e.